The number of aliphatic imine (C=N–C) groups is 1. The van der Waals surface area contributed by atoms with Crippen molar-refractivity contribution in [3.05, 3.63) is 53.6 Å². The molecule has 0 radical (unpaired) electrons. The van der Waals surface area contributed by atoms with Crippen LogP contribution in [0.3, 0.4) is 0 Å². The molecule has 32 heavy (non-hydrogen) atoms. The highest BCUT2D eigenvalue weighted by Crippen LogP contribution is 2.46. The number of ether oxygens (including phenoxy) is 2. The number of nitrogens with one attached hydrogen (secondary N) is 3. The molecule has 1 amide bonds. The molecule has 3 N–H and O–H groups in total. The third-order valence-electron chi connectivity index (χ3n) is 6.28. The summed E-state index contributed by atoms with van der Waals surface area (Å²) < 4.78 is 11.8. The van der Waals surface area contributed by atoms with Gasteiger partial charge in [0, 0.05) is 32.5 Å². The first-order chi connectivity index (χ1) is 15.5. The number of amides is 1. The van der Waals surface area contributed by atoms with Gasteiger partial charge in [-0.1, -0.05) is 24.3 Å². The van der Waals surface area contributed by atoms with Crippen LogP contribution in [0.4, 0.5) is 5.69 Å². The van der Waals surface area contributed by atoms with E-state index in [2.05, 4.69) is 39.1 Å². The van der Waals surface area contributed by atoms with Gasteiger partial charge in [-0.3, -0.25) is 9.79 Å². The van der Waals surface area contributed by atoms with Gasteiger partial charge in [0.25, 0.3) is 0 Å². The Balaban J connectivity index is 1.47. The molecule has 1 atom stereocenters. The first-order valence-electron chi connectivity index (χ1n) is 11.2. The number of methoxy groups -OCH3 is 1. The first-order valence-corrected chi connectivity index (χ1v) is 11.2. The minimum absolute atomic E-state index is 0.0753. The molecule has 1 fully saturated rings. The van der Waals surface area contributed by atoms with Crippen molar-refractivity contribution in [3.8, 4) is 11.5 Å². The molecule has 0 aromatic heterocycles. The zero-order valence-electron chi connectivity index (χ0n) is 19.0. The Kier molecular flexibility index (Phi) is 6.53. The maximum atomic E-state index is 11.5. The van der Waals surface area contributed by atoms with Crippen molar-refractivity contribution in [2.45, 2.75) is 57.2 Å². The number of hydrogen-bond donors (Lipinski definition) is 3. The molecule has 1 spiro atoms. The van der Waals surface area contributed by atoms with Crippen LogP contribution in [0.5, 0.6) is 11.5 Å². The molecule has 1 saturated carbocycles. The van der Waals surface area contributed by atoms with E-state index in [0.29, 0.717) is 18.0 Å². The van der Waals surface area contributed by atoms with Gasteiger partial charge in [0.2, 0.25) is 5.91 Å². The molecule has 2 aromatic carbocycles. The number of anilines is 1. The fourth-order valence-corrected chi connectivity index (χ4v) is 4.77. The fraction of sp³-hybridized carbons (Fsp3) is 0.440. The minimum Gasteiger partial charge on any atom is -0.495 e. The van der Waals surface area contributed by atoms with E-state index in [1.54, 1.807) is 14.2 Å². The number of fused-ring (bicyclic) bond motifs is 1. The summed E-state index contributed by atoms with van der Waals surface area (Å²) in [6.45, 7) is 2.05. The number of para-hydroxylation sites is 1. The first kappa shape index (κ1) is 22.0. The van der Waals surface area contributed by atoms with Gasteiger partial charge in [0.05, 0.1) is 18.8 Å². The van der Waals surface area contributed by atoms with Crippen molar-refractivity contribution < 1.29 is 14.3 Å². The predicted molar refractivity (Wildman–Crippen MR) is 126 cm³/mol. The lowest BCUT2D eigenvalue weighted by Gasteiger charge is -2.40. The van der Waals surface area contributed by atoms with Gasteiger partial charge in [0.15, 0.2) is 5.96 Å². The molecular weight excluding hydrogens is 404 g/mol. The number of rotatable bonds is 5. The van der Waals surface area contributed by atoms with E-state index >= 15 is 0 Å². The van der Waals surface area contributed by atoms with Crippen LogP contribution >= 0.6 is 0 Å². The van der Waals surface area contributed by atoms with E-state index < -0.39 is 0 Å². The van der Waals surface area contributed by atoms with Crippen molar-refractivity contribution in [1.29, 1.82) is 0 Å². The van der Waals surface area contributed by atoms with Gasteiger partial charge in [-0.25, -0.2) is 0 Å². The van der Waals surface area contributed by atoms with E-state index in [-0.39, 0.29) is 17.6 Å². The standard InChI is InChI=1S/C25H32N4O3/c1-17(30)28-20-14-18(10-11-23(20)31-3)16-27-24(26-2)29-21-15-25(12-6-7-13-25)32-22-9-5-4-8-19(21)22/h4-5,8-11,14,21H,6-7,12-13,15-16H2,1-3H3,(H,28,30)(H2,26,27,29). The molecule has 7 nitrogen and oxygen atoms in total. The normalized spacial score (nSPS) is 19.1. The van der Waals surface area contributed by atoms with Crippen LogP contribution in [-0.4, -0.2) is 31.6 Å². The van der Waals surface area contributed by atoms with Crippen molar-refractivity contribution >= 4 is 17.6 Å². The molecule has 7 heteroatoms. The third-order valence-corrected chi connectivity index (χ3v) is 6.28. The second-order valence-electron chi connectivity index (χ2n) is 8.57. The molecule has 4 rings (SSSR count). The van der Waals surface area contributed by atoms with E-state index in [9.17, 15) is 4.79 Å². The largest absolute Gasteiger partial charge is 0.495 e. The quantitative estimate of drug-likeness (QED) is 0.484. The lowest BCUT2D eigenvalue weighted by Crippen LogP contribution is -2.46. The number of benzene rings is 2. The summed E-state index contributed by atoms with van der Waals surface area (Å²) in [6.07, 6.45) is 5.57. The van der Waals surface area contributed by atoms with Crippen LogP contribution in [0.25, 0.3) is 0 Å². The fourth-order valence-electron chi connectivity index (χ4n) is 4.77. The zero-order chi connectivity index (χ0) is 22.6. The molecule has 0 saturated heterocycles. The summed E-state index contributed by atoms with van der Waals surface area (Å²) in [4.78, 5) is 16.0. The van der Waals surface area contributed by atoms with Crippen LogP contribution in [0.15, 0.2) is 47.5 Å². The maximum absolute atomic E-state index is 11.5. The SMILES string of the molecule is CN=C(NCc1ccc(OC)c(NC(C)=O)c1)NC1CC2(CCCC2)Oc2ccccc21. The number of guanidine groups is 1. The van der Waals surface area contributed by atoms with Crippen LogP contribution in [-0.2, 0) is 11.3 Å². The summed E-state index contributed by atoms with van der Waals surface area (Å²) in [5.74, 6) is 2.21. The lowest BCUT2D eigenvalue weighted by molar-refractivity contribution is -0.114. The molecular formula is C25H32N4O3. The molecule has 2 aromatic rings. The minimum atomic E-state index is -0.134. The second-order valence-corrected chi connectivity index (χ2v) is 8.57. The van der Waals surface area contributed by atoms with Crippen LogP contribution < -0.4 is 25.4 Å². The number of carbonyl (C=O) groups is 1. The molecule has 170 valence electrons. The van der Waals surface area contributed by atoms with Gasteiger partial charge in [-0.15, -0.1) is 0 Å². The molecule has 1 aliphatic carbocycles. The summed E-state index contributed by atoms with van der Waals surface area (Å²) in [5, 5.41) is 9.84. The number of hydrogen-bond acceptors (Lipinski definition) is 4. The summed E-state index contributed by atoms with van der Waals surface area (Å²) in [5.41, 5.74) is 2.76. The van der Waals surface area contributed by atoms with Gasteiger partial charge in [-0.05, 0) is 49.4 Å². The molecule has 1 aliphatic heterocycles. The lowest BCUT2D eigenvalue weighted by atomic mass is 9.86. The van der Waals surface area contributed by atoms with Crippen LogP contribution in [0.2, 0.25) is 0 Å². The van der Waals surface area contributed by atoms with Crippen molar-refractivity contribution in [2.75, 3.05) is 19.5 Å². The highest BCUT2D eigenvalue weighted by molar-refractivity contribution is 5.90. The Bertz CT molecular complexity index is 998. The van der Waals surface area contributed by atoms with Gasteiger partial charge >= 0.3 is 0 Å². The van der Waals surface area contributed by atoms with E-state index in [1.165, 1.54) is 25.3 Å². The molecule has 0 bridgehead atoms. The highest BCUT2D eigenvalue weighted by Gasteiger charge is 2.43. The topological polar surface area (TPSA) is 84.0 Å². The Labute approximate surface area is 189 Å². The Morgan fingerprint density at radius 3 is 2.72 bits per heavy atom. The number of carbonyl (C=O) groups excluding carboxylic acids is 1. The van der Waals surface area contributed by atoms with Crippen molar-refractivity contribution in [3.63, 3.8) is 0 Å². The van der Waals surface area contributed by atoms with Crippen LogP contribution in [0.1, 0.15) is 56.2 Å². The monoisotopic (exact) mass is 436 g/mol. The molecule has 2 aliphatic rings. The number of nitrogens with zero attached hydrogens (tertiary/aromatic N) is 1. The van der Waals surface area contributed by atoms with Crippen LogP contribution in [0, 0.1) is 0 Å². The van der Waals surface area contributed by atoms with E-state index in [4.69, 9.17) is 9.47 Å². The Morgan fingerprint density at radius 1 is 1.22 bits per heavy atom. The summed E-state index contributed by atoms with van der Waals surface area (Å²) in [6, 6.07) is 14.2. The predicted octanol–water partition coefficient (Wildman–Crippen LogP) is 4.16. The second kappa shape index (κ2) is 9.51. The van der Waals surface area contributed by atoms with Gasteiger partial charge < -0.3 is 25.4 Å². The average molecular weight is 437 g/mol. The highest BCUT2D eigenvalue weighted by atomic mass is 16.5. The average Bonchev–Trinajstić information content (AvgIpc) is 3.23. The maximum Gasteiger partial charge on any atom is 0.221 e. The third kappa shape index (κ3) is 4.82. The van der Waals surface area contributed by atoms with Crippen molar-refractivity contribution in [1.82, 2.24) is 10.6 Å². The van der Waals surface area contributed by atoms with Crippen molar-refractivity contribution in [2.24, 2.45) is 4.99 Å². The molecule has 1 unspecified atom stereocenters. The van der Waals surface area contributed by atoms with Gasteiger partial charge in [0.1, 0.15) is 17.1 Å². The van der Waals surface area contributed by atoms with E-state index in [0.717, 1.165) is 36.5 Å². The van der Waals surface area contributed by atoms with Gasteiger partial charge in [-0.2, -0.15) is 0 Å². The Hall–Kier alpha value is -3.22. The Morgan fingerprint density at radius 2 is 2.00 bits per heavy atom. The van der Waals surface area contributed by atoms with E-state index in [1.807, 2.05) is 24.3 Å². The zero-order valence-corrected chi connectivity index (χ0v) is 19.0. The molecule has 1 heterocycles. The summed E-state index contributed by atoms with van der Waals surface area (Å²) >= 11 is 0. The summed E-state index contributed by atoms with van der Waals surface area (Å²) in [7, 11) is 3.37. The smallest absolute Gasteiger partial charge is 0.221 e.